The number of carbonyl (C=O) groups is 1. The van der Waals surface area contributed by atoms with Crippen molar-refractivity contribution in [3.8, 4) is 0 Å². The quantitative estimate of drug-likeness (QED) is 0.602. The minimum absolute atomic E-state index is 0.216. The molecule has 3 rings (SSSR count). The highest BCUT2D eigenvalue weighted by Crippen LogP contribution is 2.17. The molecule has 27 heavy (non-hydrogen) atoms. The first-order valence-electron chi connectivity index (χ1n) is 8.78. The van der Waals surface area contributed by atoms with E-state index in [9.17, 15) is 19.2 Å². The van der Waals surface area contributed by atoms with Crippen LogP contribution in [0.15, 0.2) is 32.6 Å². The van der Waals surface area contributed by atoms with Gasteiger partial charge in [0.1, 0.15) is 5.69 Å². The van der Waals surface area contributed by atoms with Crippen LogP contribution in [0.3, 0.4) is 0 Å². The van der Waals surface area contributed by atoms with Crippen LogP contribution in [0.1, 0.15) is 29.0 Å². The average molecular weight is 374 g/mol. The van der Waals surface area contributed by atoms with Gasteiger partial charge in [-0.05, 0) is 37.9 Å². The van der Waals surface area contributed by atoms with Crippen molar-refractivity contribution in [1.29, 1.82) is 0 Å². The first-order valence-corrected chi connectivity index (χ1v) is 8.78. The summed E-state index contributed by atoms with van der Waals surface area (Å²) in [6.45, 7) is 2.68. The zero-order chi connectivity index (χ0) is 19.4. The molecule has 0 aliphatic carbocycles. The third kappa shape index (κ3) is 5.00. The first-order chi connectivity index (χ1) is 12.9. The largest absolute Gasteiger partial charge is 0.350 e. The van der Waals surface area contributed by atoms with Crippen molar-refractivity contribution in [3.63, 3.8) is 0 Å². The molecule has 0 atom stereocenters. The summed E-state index contributed by atoms with van der Waals surface area (Å²) >= 11 is 0. The van der Waals surface area contributed by atoms with Crippen LogP contribution in [0.2, 0.25) is 0 Å². The van der Waals surface area contributed by atoms with Gasteiger partial charge in [0, 0.05) is 38.0 Å². The van der Waals surface area contributed by atoms with Crippen LogP contribution in [0, 0.1) is 5.92 Å². The molecule has 1 amide bonds. The lowest BCUT2D eigenvalue weighted by molar-refractivity contribution is 0.0927. The number of H-pyrrole nitrogens is 2. The Bertz CT molecular complexity index is 955. The lowest BCUT2D eigenvalue weighted by Gasteiger charge is -2.31. The number of nitrogens with one attached hydrogen (secondary N) is 3. The molecular formula is C17H22N6O4. The molecule has 0 unspecified atom stereocenters. The van der Waals surface area contributed by atoms with Gasteiger partial charge < -0.3 is 10.3 Å². The number of hydrogen-bond acceptors (Lipinski definition) is 6. The number of piperidine rings is 1. The van der Waals surface area contributed by atoms with Crippen LogP contribution in [-0.2, 0) is 13.6 Å². The molecule has 144 valence electrons. The summed E-state index contributed by atoms with van der Waals surface area (Å²) in [5.41, 5.74) is -0.356. The van der Waals surface area contributed by atoms with E-state index in [1.165, 1.54) is 25.2 Å². The molecule has 1 fully saturated rings. The van der Waals surface area contributed by atoms with Crippen LogP contribution >= 0.6 is 0 Å². The summed E-state index contributed by atoms with van der Waals surface area (Å²) in [5.74, 6) is 0.0464. The Hall–Kier alpha value is -3.01. The molecule has 10 nitrogen and oxygen atoms in total. The maximum Gasteiger partial charge on any atom is 0.325 e. The lowest BCUT2D eigenvalue weighted by atomic mass is 9.96. The maximum atomic E-state index is 12.2. The fourth-order valence-corrected chi connectivity index (χ4v) is 3.15. The van der Waals surface area contributed by atoms with Gasteiger partial charge in [-0.3, -0.25) is 24.3 Å². The monoisotopic (exact) mass is 374 g/mol. The van der Waals surface area contributed by atoms with Gasteiger partial charge in [0.25, 0.3) is 17.0 Å². The summed E-state index contributed by atoms with van der Waals surface area (Å²) < 4.78 is 1.13. The fraction of sp³-hybridized carbons (Fsp3) is 0.471. The van der Waals surface area contributed by atoms with Crippen LogP contribution in [0.5, 0.6) is 0 Å². The highest BCUT2D eigenvalue weighted by atomic mass is 16.2. The van der Waals surface area contributed by atoms with Gasteiger partial charge in [0.05, 0.1) is 0 Å². The molecule has 0 bridgehead atoms. The standard InChI is InChI=1S/C17H22N6O4/c1-22-15(25)3-2-13(21-22)16(26)18-9-11-4-6-23(7-5-11)10-12-8-14(24)20-17(27)19-12/h2-3,8,11H,4-7,9-10H2,1H3,(H,18,26)(H2,19,20,24,27). The van der Waals surface area contributed by atoms with Gasteiger partial charge in [-0.25, -0.2) is 9.48 Å². The molecule has 3 heterocycles. The van der Waals surface area contributed by atoms with Crippen molar-refractivity contribution in [1.82, 2.24) is 30.0 Å². The van der Waals surface area contributed by atoms with Crippen LogP contribution in [0.4, 0.5) is 0 Å². The van der Waals surface area contributed by atoms with Crippen molar-refractivity contribution in [2.45, 2.75) is 19.4 Å². The van der Waals surface area contributed by atoms with Crippen molar-refractivity contribution in [3.05, 3.63) is 60.8 Å². The fourth-order valence-electron chi connectivity index (χ4n) is 3.15. The van der Waals surface area contributed by atoms with E-state index >= 15 is 0 Å². The van der Waals surface area contributed by atoms with Crippen molar-refractivity contribution >= 4 is 5.91 Å². The Morgan fingerprint density at radius 2 is 1.96 bits per heavy atom. The molecule has 2 aromatic heterocycles. The van der Waals surface area contributed by atoms with Gasteiger partial charge in [-0.2, -0.15) is 5.10 Å². The van der Waals surface area contributed by atoms with Crippen molar-refractivity contribution in [2.24, 2.45) is 13.0 Å². The smallest absolute Gasteiger partial charge is 0.325 e. The Balaban J connectivity index is 1.47. The normalized spacial score (nSPS) is 15.6. The average Bonchev–Trinajstić information content (AvgIpc) is 2.62. The molecule has 1 saturated heterocycles. The van der Waals surface area contributed by atoms with Crippen LogP contribution < -0.4 is 22.1 Å². The van der Waals surface area contributed by atoms with E-state index in [1.54, 1.807) is 0 Å². The Kier molecular flexibility index (Phi) is 5.65. The second-order valence-electron chi connectivity index (χ2n) is 6.72. The number of carbonyl (C=O) groups excluding carboxylic acids is 1. The van der Waals surface area contributed by atoms with Crippen molar-refractivity contribution in [2.75, 3.05) is 19.6 Å². The van der Waals surface area contributed by atoms with Gasteiger partial charge >= 0.3 is 5.69 Å². The highest BCUT2D eigenvalue weighted by molar-refractivity contribution is 5.91. The lowest BCUT2D eigenvalue weighted by Crippen LogP contribution is -2.39. The van der Waals surface area contributed by atoms with Crippen molar-refractivity contribution < 1.29 is 4.79 Å². The van der Waals surface area contributed by atoms with E-state index in [4.69, 9.17) is 0 Å². The predicted octanol–water partition coefficient (Wildman–Crippen LogP) is -1.20. The first kappa shape index (κ1) is 18.8. The van der Waals surface area contributed by atoms with E-state index in [0.717, 1.165) is 30.6 Å². The van der Waals surface area contributed by atoms with E-state index in [0.29, 0.717) is 24.7 Å². The topological polar surface area (TPSA) is 133 Å². The third-order valence-corrected chi connectivity index (χ3v) is 4.66. The molecular weight excluding hydrogens is 352 g/mol. The summed E-state index contributed by atoms with van der Waals surface area (Å²) in [7, 11) is 1.50. The second kappa shape index (κ2) is 8.12. The minimum Gasteiger partial charge on any atom is -0.350 e. The number of aromatic amines is 2. The summed E-state index contributed by atoms with van der Waals surface area (Å²) in [5, 5.41) is 6.80. The molecule has 3 N–H and O–H groups in total. The van der Waals surface area contributed by atoms with Gasteiger partial charge in [0.2, 0.25) is 0 Å². The number of likely N-dealkylation sites (tertiary alicyclic amines) is 1. The Morgan fingerprint density at radius 3 is 2.63 bits per heavy atom. The molecule has 0 spiro atoms. The predicted molar refractivity (Wildman–Crippen MR) is 97.5 cm³/mol. The molecule has 0 aromatic carbocycles. The van der Waals surface area contributed by atoms with E-state index < -0.39 is 11.2 Å². The second-order valence-corrected chi connectivity index (χ2v) is 6.72. The third-order valence-electron chi connectivity index (χ3n) is 4.66. The molecule has 10 heteroatoms. The van der Waals surface area contributed by atoms with Gasteiger partial charge in [-0.15, -0.1) is 0 Å². The van der Waals surface area contributed by atoms with E-state index in [2.05, 4.69) is 25.3 Å². The highest BCUT2D eigenvalue weighted by Gasteiger charge is 2.20. The summed E-state index contributed by atoms with van der Waals surface area (Å²) in [6, 6.07) is 4.13. The molecule has 2 aromatic rings. The van der Waals surface area contributed by atoms with Crippen LogP contribution in [-0.4, -0.2) is 50.2 Å². The minimum atomic E-state index is -0.498. The number of hydrogen-bond donors (Lipinski definition) is 3. The number of amides is 1. The Morgan fingerprint density at radius 1 is 1.22 bits per heavy atom. The number of rotatable bonds is 5. The van der Waals surface area contributed by atoms with E-state index in [1.807, 2.05) is 0 Å². The Labute approximate surface area is 154 Å². The maximum absolute atomic E-state index is 12.2. The number of nitrogens with zero attached hydrogens (tertiary/aromatic N) is 3. The zero-order valence-corrected chi connectivity index (χ0v) is 15.0. The SMILES string of the molecule is Cn1nc(C(=O)NCC2CCN(Cc3cc(=O)[nH]c(=O)[nH]3)CC2)ccc1=O. The molecule has 1 aliphatic heterocycles. The van der Waals surface area contributed by atoms with Gasteiger partial charge in [0.15, 0.2) is 0 Å². The molecule has 1 aliphatic rings. The number of aromatic nitrogens is 4. The van der Waals surface area contributed by atoms with Gasteiger partial charge in [-0.1, -0.05) is 0 Å². The summed E-state index contributed by atoms with van der Waals surface area (Å²) in [6.07, 6.45) is 1.79. The number of aryl methyl sites for hydroxylation is 1. The van der Waals surface area contributed by atoms with Crippen LogP contribution in [0.25, 0.3) is 0 Å². The zero-order valence-electron chi connectivity index (χ0n) is 15.0. The summed E-state index contributed by atoms with van der Waals surface area (Å²) in [4.78, 5) is 53.1. The molecule has 0 saturated carbocycles. The van der Waals surface area contributed by atoms with E-state index in [-0.39, 0.29) is 17.2 Å². The molecule has 0 radical (unpaired) electrons.